The number of aliphatic hydroxyl groups is 7. The normalized spacial score (nSPS) is 42.8. The van der Waals surface area contributed by atoms with Crippen LogP contribution in [-0.2, 0) is 20.7 Å². The molecule has 1 aromatic heterocycles. The van der Waals surface area contributed by atoms with Crippen molar-refractivity contribution in [2.24, 2.45) is 51.6 Å². The smallest absolute Gasteiger partial charge is 0.306 e. The largest absolute Gasteiger partial charge is 0.485 e. The summed E-state index contributed by atoms with van der Waals surface area (Å²) >= 11 is 0. The zero-order valence-electron chi connectivity index (χ0n) is 46.9. The first-order valence-corrected chi connectivity index (χ1v) is 32.1. The van der Waals surface area contributed by atoms with Crippen LogP contribution >= 0.6 is 21.6 Å². The summed E-state index contributed by atoms with van der Waals surface area (Å²) in [6.45, 7) is 5.17. The highest BCUT2D eigenvalue weighted by atomic mass is 33.1. The number of allylic oxidation sites excluding steroid dienone is 1. The maximum atomic E-state index is 13.8. The van der Waals surface area contributed by atoms with Gasteiger partial charge in [-0.15, -0.1) is 0 Å². The number of aliphatic imine (C=N–C) groups is 1. The molecular formula is C59H91N5O13S2. The molecule has 0 amide bonds. The van der Waals surface area contributed by atoms with Gasteiger partial charge in [-0.2, -0.15) is 0 Å². The second kappa shape index (κ2) is 24.0. The van der Waals surface area contributed by atoms with Gasteiger partial charge in [-0.1, -0.05) is 53.5 Å². The molecule has 3 aliphatic heterocycles. The minimum Gasteiger partial charge on any atom is -0.485 e. The number of aliphatic hydroxyl groups excluding tert-OH is 4. The molecule has 0 unspecified atom stereocenters. The van der Waals surface area contributed by atoms with Gasteiger partial charge in [0.1, 0.15) is 23.9 Å². The number of nitrogens with zero attached hydrogens (tertiary/aromatic N) is 1. The van der Waals surface area contributed by atoms with Gasteiger partial charge in [-0.05, 0) is 170 Å². The molecular weight excluding hydrogens is 1050 g/mol. The number of furan rings is 1. The molecule has 18 nitrogen and oxygen atoms in total. The average molecular weight is 1140 g/mol. The maximum absolute atomic E-state index is 13.8. The third-order valence-corrected chi connectivity index (χ3v) is 24.2. The number of ether oxygens (including phenoxy) is 4. The van der Waals surface area contributed by atoms with E-state index < -0.39 is 82.1 Å². The van der Waals surface area contributed by atoms with E-state index in [1.165, 1.54) is 0 Å². The molecule has 6 fully saturated rings. The minimum absolute atomic E-state index is 0.0131. The van der Waals surface area contributed by atoms with Crippen molar-refractivity contribution in [3.8, 4) is 11.5 Å². The Hall–Kier alpha value is -2.86. The molecule has 12 N–H and O–H groups in total. The van der Waals surface area contributed by atoms with Gasteiger partial charge in [0.15, 0.2) is 22.9 Å². The Morgan fingerprint density at radius 1 is 1.00 bits per heavy atom. The highest BCUT2D eigenvalue weighted by molar-refractivity contribution is 8.77. The van der Waals surface area contributed by atoms with Crippen LogP contribution < -0.4 is 31.2 Å². The number of nitrogens with one attached hydrogen (secondary N) is 3. The van der Waals surface area contributed by atoms with E-state index in [0.29, 0.717) is 60.6 Å². The number of hydrogen-bond donors (Lipinski definition) is 11. The Balaban J connectivity index is 1.13. The number of carbonyl (C=O) groups excluding carboxylic acids is 1. The van der Waals surface area contributed by atoms with Gasteiger partial charge < -0.3 is 80.8 Å². The molecule has 4 heterocycles. The van der Waals surface area contributed by atoms with Crippen LogP contribution in [0.3, 0.4) is 0 Å². The summed E-state index contributed by atoms with van der Waals surface area (Å²) in [5.74, 6) is -1.66. The number of esters is 1. The fraction of sp³-hybridized carbons (Fsp3) is 0.797. The zero-order valence-corrected chi connectivity index (χ0v) is 48.5. The lowest BCUT2D eigenvalue weighted by molar-refractivity contribution is -0.424. The van der Waals surface area contributed by atoms with Crippen molar-refractivity contribution in [2.75, 3.05) is 52.8 Å². The van der Waals surface area contributed by atoms with Gasteiger partial charge in [0, 0.05) is 66.4 Å². The Kier molecular flexibility index (Phi) is 18.0. The molecule has 0 radical (unpaired) electrons. The monoisotopic (exact) mass is 1140 g/mol. The first-order chi connectivity index (χ1) is 37.9. The van der Waals surface area contributed by atoms with E-state index in [-0.39, 0.29) is 85.5 Å². The summed E-state index contributed by atoms with van der Waals surface area (Å²) in [5, 5.41) is 101. The molecule has 4 saturated carbocycles. The van der Waals surface area contributed by atoms with Gasteiger partial charge in [0.05, 0.1) is 30.7 Å². The molecule has 79 heavy (non-hydrogen) atoms. The van der Waals surface area contributed by atoms with Gasteiger partial charge in [0.2, 0.25) is 12.0 Å². The third kappa shape index (κ3) is 10.9. The Labute approximate surface area is 473 Å². The molecule has 5 aliphatic carbocycles. The molecule has 5 bridgehead atoms. The molecule has 2 aromatic rings. The molecule has 20 heteroatoms. The fourth-order valence-electron chi connectivity index (χ4n) is 16.7. The number of fused-ring (bicyclic) bond motifs is 11. The second-order valence-electron chi connectivity index (χ2n) is 25.3. The quantitative estimate of drug-likeness (QED) is 0.0451. The van der Waals surface area contributed by atoms with Crippen LogP contribution in [0.5, 0.6) is 11.5 Å². The van der Waals surface area contributed by atoms with Crippen molar-refractivity contribution in [2.45, 2.75) is 200 Å². The van der Waals surface area contributed by atoms with E-state index in [1.54, 1.807) is 49.2 Å². The highest BCUT2D eigenvalue weighted by Crippen LogP contribution is 2.69. The van der Waals surface area contributed by atoms with Crippen LogP contribution in [0.25, 0.3) is 11.0 Å². The summed E-state index contributed by atoms with van der Waals surface area (Å²) in [6, 6.07) is 3.73. The van der Waals surface area contributed by atoms with E-state index in [2.05, 4.69) is 27.9 Å². The van der Waals surface area contributed by atoms with Crippen LogP contribution in [0, 0.1) is 40.9 Å². The van der Waals surface area contributed by atoms with Gasteiger partial charge in [0.25, 0.3) is 0 Å². The summed E-state index contributed by atoms with van der Waals surface area (Å²) in [5.41, 5.74) is -0.699. The summed E-state index contributed by atoms with van der Waals surface area (Å²) in [6.07, 6.45) is 11.2. The third-order valence-electron chi connectivity index (χ3n) is 20.9. The van der Waals surface area contributed by atoms with Crippen molar-refractivity contribution in [3.63, 3.8) is 0 Å². The van der Waals surface area contributed by atoms with Gasteiger partial charge in [-0.3, -0.25) is 9.79 Å². The zero-order chi connectivity index (χ0) is 56.0. The minimum atomic E-state index is -2.51. The number of carbonyl (C=O) groups is 1. The summed E-state index contributed by atoms with van der Waals surface area (Å²) in [4.78, 5) is 17.2. The lowest BCUT2D eigenvalue weighted by atomic mass is 9.50. The molecule has 3 spiro atoms. The fourth-order valence-corrected chi connectivity index (χ4v) is 21.0. The van der Waals surface area contributed by atoms with Crippen LogP contribution in [0.1, 0.15) is 135 Å². The number of aryl methyl sites for hydroxylation is 1. The first-order valence-electron chi connectivity index (χ1n) is 29.8. The average Bonchev–Trinajstić information content (AvgIpc) is 4.20. The van der Waals surface area contributed by atoms with Gasteiger partial charge in [-0.25, -0.2) is 0 Å². The predicted octanol–water partition coefficient (Wildman–Crippen LogP) is 5.24. The molecule has 10 rings (SSSR count). The van der Waals surface area contributed by atoms with Crippen LogP contribution in [0.4, 0.5) is 0 Å². The second-order valence-corrected chi connectivity index (χ2v) is 27.9. The molecule has 2 saturated heterocycles. The van der Waals surface area contributed by atoms with Crippen molar-refractivity contribution in [3.05, 3.63) is 36.1 Å². The molecule has 1 aromatic carbocycles. The lowest BCUT2D eigenvalue weighted by Gasteiger charge is -2.67. The number of guanidine groups is 1. The van der Waals surface area contributed by atoms with E-state index in [0.717, 1.165) is 77.2 Å². The first kappa shape index (κ1) is 59.3. The maximum Gasteiger partial charge on any atom is 0.306 e. The van der Waals surface area contributed by atoms with Crippen LogP contribution in [0.15, 0.2) is 40.0 Å². The number of hydrogen-bond acceptors (Lipinski definition) is 18. The van der Waals surface area contributed by atoms with Crippen LogP contribution in [0.2, 0.25) is 0 Å². The lowest BCUT2D eigenvalue weighted by Crippen LogP contribution is -2.86. The van der Waals surface area contributed by atoms with Crippen molar-refractivity contribution >= 4 is 44.5 Å². The molecule has 8 aliphatic rings. The van der Waals surface area contributed by atoms with E-state index in [9.17, 15) is 40.5 Å². The van der Waals surface area contributed by atoms with Crippen molar-refractivity contribution in [1.29, 1.82) is 0 Å². The SMILES string of the molecule is CCOC(=O)CCc1cc2ccoc2c2c1O[C@@H]1O[C@@]3(CSS[C@]4(CC[C@]5(CC[C@H](CNC)C5)[C@H]4CCC4(O)CCC(NC(N)=NC)CC4)[C@H](CC[C@H](C)CCC[C@H]3O)NCCO2)[C@]2(O)C[C@@H]3C=C[C@H](O)[C@@H](CO)[C@H]3[C@@]1(O)[C@H]2O. The molecule has 16 atom stereocenters. The van der Waals surface area contributed by atoms with Crippen molar-refractivity contribution < 1.29 is 63.9 Å². The van der Waals surface area contributed by atoms with Crippen LogP contribution in [-0.4, -0.2) is 164 Å². The summed E-state index contributed by atoms with van der Waals surface area (Å²) < 4.78 is 32.6. The van der Waals surface area contributed by atoms with Gasteiger partial charge >= 0.3 is 5.97 Å². The standard InChI is InChI=1S/C59H91N5O13S2/c1-5-73-46(68)14-11-37-29-38-19-27-74-48(38)50-49(37)76-52-59(72)47-39(10-12-42(66)41(47)33-65)31-57(71,51(59)69)58(77-52)34-78-79-56(44(63-26-28-75-50)13-9-35(2)7-6-8-45(58)67)25-24-54(20-15-36(30-54)32-61-3)43(56)18-23-55(70)21-16-40(17-22-55)64-53(60)62-4/h10,12,19,27,29,35-36,39-45,47,51-52,61,63,65-67,69-72H,5-9,11,13-18,20-26,28,30-34H2,1-4H3,(H3,60,62,64)/t35-,36+,39+,40?,41-,42+,43-,44+,45-,47+,51+,52-,54+,55?,56+,57+,58-,59-/m1/s1. The van der Waals surface area contributed by atoms with E-state index >= 15 is 0 Å². The number of nitrogens with two attached hydrogens (primary N) is 1. The predicted molar refractivity (Wildman–Crippen MR) is 304 cm³/mol. The highest BCUT2D eigenvalue weighted by Gasteiger charge is 2.78. The molecule has 442 valence electrons. The van der Waals surface area contributed by atoms with E-state index in [1.807, 2.05) is 23.9 Å². The topological polar surface area (TPSA) is 283 Å². The summed E-state index contributed by atoms with van der Waals surface area (Å²) in [7, 11) is 7.07. The number of rotatable bonds is 11. The Morgan fingerprint density at radius 3 is 2.57 bits per heavy atom. The Bertz CT molecular complexity index is 2500. The Morgan fingerprint density at radius 2 is 1.81 bits per heavy atom. The number of benzene rings is 1. The van der Waals surface area contributed by atoms with Crippen molar-refractivity contribution in [1.82, 2.24) is 16.0 Å². The van der Waals surface area contributed by atoms with E-state index in [4.69, 9.17) is 29.1 Å².